The molecule has 0 saturated heterocycles. The van der Waals surface area contributed by atoms with Crippen LogP contribution in [0, 0.1) is 23.2 Å². The molecule has 2 rings (SSSR count). The first-order valence-electron chi connectivity index (χ1n) is 6.01. The molecule has 3 nitrogen and oxygen atoms in total. The number of nitriles is 1. The maximum Gasteiger partial charge on any atom is 0.227 e. The number of carbonyl (C=O) groups is 1. The Kier molecular flexibility index (Phi) is 3.43. The third-order valence-corrected chi connectivity index (χ3v) is 3.46. The molecule has 1 aliphatic rings. The molecular formula is C14H16N2O. The summed E-state index contributed by atoms with van der Waals surface area (Å²) in [7, 11) is 0. The van der Waals surface area contributed by atoms with Gasteiger partial charge < -0.3 is 5.32 Å². The fourth-order valence-corrected chi connectivity index (χ4v) is 2.44. The molecule has 2 unspecified atom stereocenters. The first-order valence-corrected chi connectivity index (χ1v) is 6.01. The molecule has 0 bridgehead atoms. The van der Waals surface area contributed by atoms with E-state index >= 15 is 0 Å². The number of carbonyl (C=O) groups excluding carboxylic acids is 1. The van der Waals surface area contributed by atoms with Gasteiger partial charge in [-0.25, -0.2) is 0 Å². The Morgan fingerprint density at radius 1 is 1.47 bits per heavy atom. The topological polar surface area (TPSA) is 52.9 Å². The number of hydrogen-bond acceptors (Lipinski definition) is 2. The van der Waals surface area contributed by atoms with Gasteiger partial charge in [0, 0.05) is 11.6 Å². The first-order chi connectivity index (χ1) is 8.20. The molecule has 1 aliphatic carbocycles. The smallest absolute Gasteiger partial charge is 0.227 e. The highest BCUT2D eigenvalue weighted by atomic mass is 16.1. The van der Waals surface area contributed by atoms with E-state index in [1.54, 1.807) is 18.2 Å². The molecule has 88 valence electrons. The average Bonchev–Trinajstić information content (AvgIpc) is 2.76. The highest BCUT2D eigenvalue weighted by Crippen LogP contribution is 2.32. The quantitative estimate of drug-likeness (QED) is 0.846. The lowest BCUT2D eigenvalue weighted by Gasteiger charge is -2.15. The Morgan fingerprint density at radius 3 is 2.94 bits per heavy atom. The molecule has 0 aliphatic heterocycles. The van der Waals surface area contributed by atoms with Gasteiger partial charge in [0.1, 0.15) is 0 Å². The van der Waals surface area contributed by atoms with Crippen molar-refractivity contribution in [1.29, 1.82) is 5.26 Å². The van der Waals surface area contributed by atoms with Gasteiger partial charge in [0.15, 0.2) is 0 Å². The summed E-state index contributed by atoms with van der Waals surface area (Å²) in [6.07, 6.45) is 3.25. The molecule has 0 heterocycles. The van der Waals surface area contributed by atoms with E-state index in [0.717, 1.165) is 19.3 Å². The van der Waals surface area contributed by atoms with Crippen molar-refractivity contribution in [3.05, 3.63) is 29.8 Å². The van der Waals surface area contributed by atoms with Crippen molar-refractivity contribution in [2.24, 2.45) is 11.8 Å². The summed E-state index contributed by atoms with van der Waals surface area (Å²) in [5.74, 6) is 0.681. The summed E-state index contributed by atoms with van der Waals surface area (Å²) in [4.78, 5) is 12.0. The predicted molar refractivity (Wildman–Crippen MR) is 66.3 cm³/mol. The first kappa shape index (κ1) is 11.7. The lowest BCUT2D eigenvalue weighted by atomic mass is 9.97. The fourth-order valence-electron chi connectivity index (χ4n) is 2.44. The average molecular weight is 228 g/mol. The highest BCUT2D eigenvalue weighted by molar-refractivity contribution is 5.93. The lowest BCUT2D eigenvalue weighted by Crippen LogP contribution is -2.24. The van der Waals surface area contributed by atoms with Crippen molar-refractivity contribution in [3.8, 4) is 6.07 Å². The van der Waals surface area contributed by atoms with Gasteiger partial charge >= 0.3 is 0 Å². The summed E-state index contributed by atoms with van der Waals surface area (Å²) < 4.78 is 0. The maximum absolute atomic E-state index is 12.0. The van der Waals surface area contributed by atoms with Gasteiger partial charge in [-0.15, -0.1) is 0 Å². The molecule has 1 aromatic rings. The van der Waals surface area contributed by atoms with Crippen molar-refractivity contribution in [2.45, 2.75) is 26.2 Å². The number of rotatable bonds is 2. The molecule has 0 spiro atoms. The Labute approximate surface area is 101 Å². The Balaban J connectivity index is 2.05. The summed E-state index contributed by atoms with van der Waals surface area (Å²) >= 11 is 0. The van der Waals surface area contributed by atoms with Crippen molar-refractivity contribution in [1.82, 2.24) is 0 Å². The van der Waals surface area contributed by atoms with E-state index in [1.807, 2.05) is 6.07 Å². The Hall–Kier alpha value is -1.82. The minimum absolute atomic E-state index is 0.0880. The molecule has 1 amide bonds. The van der Waals surface area contributed by atoms with Crippen molar-refractivity contribution < 1.29 is 4.79 Å². The van der Waals surface area contributed by atoms with Gasteiger partial charge in [-0.1, -0.05) is 19.4 Å². The third kappa shape index (κ3) is 2.65. The minimum atomic E-state index is 0.0880. The fraction of sp³-hybridized carbons (Fsp3) is 0.429. The third-order valence-electron chi connectivity index (χ3n) is 3.46. The van der Waals surface area contributed by atoms with Gasteiger partial charge in [0.2, 0.25) is 5.91 Å². The summed E-state index contributed by atoms with van der Waals surface area (Å²) in [5.41, 5.74) is 1.29. The van der Waals surface area contributed by atoms with Crippen LogP contribution in [0.5, 0.6) is 0 Å². The number of nitrogens with zero attached hydrogens (tertiary/aromatic N) is 1. The van der Waals surface area contributed by atoms with E-state index in [4.69, 9.17) is 5.26 Å². The zero-order chi connectivity index (χ0) is 12.3. The lowest BCUT2D eigenvalue weighted by molar-refractivity contribution is -0.120. The van der Waals surface area contributed by atoms with Crippen molar-refractivity contribution in [2.75, 3.05) is 5.32 Å². The van der Waals surface area contributed by atoms with Gasteiger partial charge in [-0.2, -0.15) is 5.26 Å². The number of amides is 1. The molecular weight excluding hydrogens is 212 g/mol. The zero-order valence-corrected chi connectivity index (χ0v) is 9.94. The number of nitrogens with one attached hydrogen (secondary N) is 1. The highest BCUT2D eigenvalue weighted by Gasteiger charge is 2.29. The molecule has 1 saturated carbocycles. The van der Waals surface area contributed by atoms with Crippen LogP contribution < -0.4 is 5.32 Å². The molecule has 1 N–H and O–H groups in total. The van der Waals surface area contributed by atoms with Gasteiger partial charge in [0.05, 0.1) is 11.6 Å². The molecule has 0 radical (unpaired) electrons. The minimum Gasteiger partial charge on any atom is -0.326 e. The van der Waals surface area contributed by atoms with Crippen molar-refractivity contribution >= 4 is 11.6 Å². The van der Waals surface area contributed by atoms with E-state index in [2.05, 4.69) is 18.3 Å². The molecule has 0 aromatic heterocycles. The largest absolute Gasteiger partial charge is 0.326 e. The number of benzene rings is 1. The second kappa shape index (κ2) is 5.01. The molecule has 1 fully saturated rings. The van der Waals surface area contributed by atoms with E-state index in [-0.39, 0.29) is 11.8 Å². The van der Waals surface area contributed by atoms with E-state index in [1.165, 1.54) is 0 Å². The molecule has 1 aromatic carbocycles. The zero-order valence-electron chi connectivity index (χ0n) is 9.94. The SMILES string of the molecule is CC1CCCC1C(=O)Nc1cccc(C#N)c1. The normalized spacial score (nSPS) is 23.1. The van der Waals surface area contributed by atoms with Crippen LogP contribution in [0.25, 0.3) is 0 Å². The second-order valence-electron chi connectivity index (χ2n) is 4.70. The van der Waals surface area contributed by atoms with Crippen LogP contribution >= 0.6 is 0 Å². The van der Waals surface area contributed by atoms with E-state index in [0.29, 0.717) is 17.2 Å². The summed E-state index contributed by atoms with van der Waals surface area (Å²) in [5, 5.41) is 11.7. The van der Waals surface area contributed by atoms with Crippen molar-refractivity contribution in [3.63, 3.8) is 0 Å². The number of anilines is 1. The van der Waals surface area contributed by atoms with Crippen LogP contribution in [0.1, 0.15) is 31.7 Å². The van der Waals surface area contributed by atoms with Crippen LogP contribution in [-0.4, -0.2) is 5.91 Å². The molecule has 17 heavy (non-hydrogen) atoms. The van der Waals surface area contributed by atoms with Gasteiger partial charge in [-0.05, 0) is 37.0 Å². The maximum atomic E-state index is 12.0. The van der Waals surface area contributed by atoms with Gasteiger partial charge in [-0.3, -0.25) is 4.79 Å². The second-order valence-corrected chi connectivity index (χ2v) is 4.70. The van der Waals surface area contributed by atoms with Crippen LogP contribution in [0.3, 0.4) is 0 Å². The van der Waals surface area contributed by atoms with Crippen LogP contribution in [0.4, 0.5) is 5.69 Å². The van der Waals surface area contributed by atoms with E-state index in [9.17, 15) is 4.79 Å². The summed E-state index contributed by atoms with van der Waals surface area (Å²) in [6, 6.07) is 9.11. The summed E-state index contributed by atoms with van der Waals surface area (Å²) in [6.45, 7) is 2.13. The van der Waals surface area contributed by atoms with Crippen LogP contribution in [0.15, 0.2) is 24.3 Å². The molecule has 3 heteroatoms. The monoisotopic (exact) mass is 228 g/mol. The Bertz CT molecular complexity index is 462. The standard InChI is InChI=1S/C14H16N2O/c1-10-4-2-7-13(10)14(17)16-12-6-3-5-11(8-12)9-15/h3,5-6,8,10,13H,2,4,7H2,1H3,(H,16,17). The van der Waals surface area contributed by atoms with Crippen LogP contribution in [-0.2, 0) is 4.79 Å². The van der Waals surface area contributed by atoms with Crippen LogP contribution in [0.2, 0.25) is 0 Å². The number of hydrogen-bond donors (Lipinski definition) is 1. The Morgan fingerprint density at radius 2 is 2.29 bits per heavy atom. The van der Waals surface area contributed by atoms with Gasteiger partial charge in [0.25, 0.3) is 0 Å². The molecule has 2 atom stereocenters. The predicted octanol–water partition coefficient (Wildman–Crippen LogP) is 2.93. The van der Waals surface area contributed by atoms with E-state index < -0.39 is 0 Å².